The van der Waals surface area contributed by atoms with Gasteiger partial charge in [0, 0.05) is 6.42 Å². The maximum absolute atomic E-state index is 12.6. The molecule has 0 N–H and O–H groups in total. The van der Waals surface area contributed by atoms with Crippen LogP contribution in [-0.4, -0.2) is 12.4 Å². The normalized spacial score (nSPS) is 17.8. The minimum atomic E-state index is -0.0828. The average Bonchev–Trinajstić information content (AvgIpc) is 2.94. The lowest BCUT2D eigenvalue weighted by Crippen LogP contribution is -2.21. The first kappa shape index (κ1) is 12.9. The molecule has 0 bridgehead atoms. The summed E-state index contributed by atoms with van der Waals surface area (Å²) in [5.74, 6) is 0.933. The Morgan fingerprint density at radius 2 is 2.06 bits per heavy atom. The summed E-state index contributed by atoms with van der Waals surface area (Å²) in [7, 11) is 0. The zero-order valence-corrected chi connectivity index (χ0v) is 11.1. The van der Waals surface area contributed by atoms with Crippen molar-refractivity contribution >= 4 is 5.78 Å². The van der Waals surface area contributed by atoms with Crippen LogP contribution in [0.15, 0.2) is 42.2 Å². The molecule has 2 nitrogen and oxygen atoms in total. The smallest absolute Gasteiger partial charge is 0.204 e. The van der Waals surface area contributed by atoms with Crippen molar-refractivity contribution in [3.8, 4) is 0 Å². The number of ether oxygens (including phenoxy) is 1. The van der Waals surface area contributed by atoms with Crippen LogP contribution in [0, 0.1) is 5.92 Å². The van der Waals surface area contributed by atoms with Gasteiger partial charge in [-0.25, -0.2) is 0 Å². The van der Waals surface area contributed by atoms with Gasteiger partial charge in [0.15, 0.2) is 5.76 Å². The number of hydrogen-bond acceptors (Lipinski definition) is 2. The largest absolute Gasteiger partial charge is 0.490 e. The summed E-state index contributed by atoms with van der Waals surface area (Å²) < 4.78 is 5.42. The third-order valence-electron chi connectivity index (χ3n) is 3.60. The van der Waals surface area contributed by atoms with E-state index < -0.39 is 0 Å². The molecular formula is C16H20O2. The number of Topliss-reactive ketones (excluding diaryl/α,β-unsaturated/α-hetero) is 1. The molecule has 1 aliphatic rings. The van der Waals surface area contributed by atoms with E-state index in [4.69, 9.17) is 4.74 Å². The quantitative estimate of drug-likeness (QED) is 0.789. The van der Waals surface area contributed by atoms with Gasteiger partial charge >= 0.3 is 0 Å². The number of hydrogen-bond donors (Lipinski definition) is 0. The molecule has 1 heterocycles. The van der Waals surface area contributed by atoms with Crippen molar-refractivity contribution in [2.75, 3.05) is 6.61 Å². The van der Waals surface area contributed by atoms with E-state index in [-0.39, 0.29) is 11.7 Å². The third-order valence-corrected chi connectivity index (χ3v) is 3.60. The third kappa shape index (κ3) is 2.63. The molecule has 0 spiro atoms. The van der Waals surface area contributed by atoms with Crippen LogP contribution >= 0.6 is 0 Å². The fourth-order valence-electron chi connectivity index (χ4n) is 2.38. The molecular weight excluding hydrogens is 224 g/mol. The van der Waals surface area contributed by atoms with Crippen molar-refractivity contribution in [1.29, 1.82) is 0 Å². The Morgan fingerprint density at radius 1 is 1.33 bits per heavy atom. The Hall–Kier alpha value is -1.57. The first-order valence-electron chi connectivity index (χ1n) is 6.66. The number of rotatable bonds is 5. The molecule has 0 fully saturated rings. The number of allylic oxidation sites excluding steroid dienone is 1. The van der Waals surface area contributed by atoms with E-state index in [2.05, 4.69) is 13.8 Å². The summed E-state index contributed by atoms with van der Waals surface area (Å²) in [5, 5.41) is 0. The molecule has 1 aromatic rings. The van der Waals surface area contributed by atoms with Crippen LogP contribution in [0.2, 0.25) is 0 Å². The van der Waals surface area contributed by atoms with Crippen molar-refractivity contribution in [2.45, 2.75) is 32.6 Å². The van der Waals surface area contributed by atoms with E-state index in [9.17, 15) is 4.79 Å². The Kier molecular flexibility index (Phi) is 4.19. The van der Waals surface area contributed by atoms with Gasteiger partial charge in [-0.15, -0.1) is 0 Å². The summed E-state index contributed by atoms with van der Waals surface area (Å²) >= 11 is 0. The molecule has 18 heavy (non-hydrogen) atoms. The summed E-state index contributed by atoms with van der Waals surface area (Å²) in [6, 6.07) is 10.0. The van der Waals surface area contributed by atoms with Crippen LogP contribution in [-0.2, 0) is 9.53 Å². The van der Waals surface area contributed by atoms with Crippen LogP contribution < -0.4 is 0 Å². The molecule has 0 saturated heterocycles. The highest BCUT2D eigenvalue weighted by Gasteiger charge is 2.30. The van der Waals surface area contributed by atoms with E-state index in [1.54, 1.807) is 0 Å². The van der Waals surface area contributed by atoms with Crippen molar-refractivity contribution in [3.63, 3.8) is 0 Å². The van der Waals surface area contributed by atoms with Gasteiger partial charge in [-0.1, -0.05) is 50.6 Å². The van der Waals surface area contributed by atoms with Gasteiger partial charge in [0.2, 0.25) is 5.78 Å². The molecule has 2 unspecified atom stereocenters. The van der Waals surface area contributed by atoms with Crippen molar-refractivity contribution in [3.05, 3.63) is 47.7 Å². The predicted octanol–water partition coefficient (Wildman–Crippen LogP) is 3.69. The number of ketones is 1. The van der Waals surface area contributed by atoms with E-state index in [1.165, 1.54) is 0 Å². The molecule has 1 aromatic carbocycles. The highest BCUT2D eigenvalue weighted by molar-refractivity contribution is 5.99. The Morgan fingerprint density at radius 3 is 2.61 bits per heavy atom. The lowest BCUT2D eigenvalue weighted by molar-refractivity contribution is -0.121. The average molecular weight is 244 g/mol. The number of benzene rings is 1. The van der Waals surface area contributed by atoms with E-state index >= 15 is 0 Å². The molecule has 0 aromatic heterocycles. The van der Waals surface area contributed by atoms with Gasteiger partial charge in [0.05, 0.1) is 12.5 Å². The standard InChI is InChI=1S/C16H20O2/c1-3-12(2)15(13-8-5-4-6-9-13)16(17)14-10-7-11-18-14/h4-6,8-10,12,15H,3,7,11H2,1-2H3. The fourth-order valence-corrected chi connectivity index (χ4v) is 2.38. The molecule has 1 aliphatic heterocycles. The maximum atomic E-state index is 12.6. The van der Waals surface area contributed by atoms with Crippen molar-refractivity contribution in [2.24, 2.45) is 5.92 Å². The highest BCUT2D eigenvalue weighted by Crippen LogP contribution is 2.31. The first-order chi connectivity index (χ1) is 8.74. The lowest BCUT2D eigenvalue weighted by atomic mass is 9.82. The Balaban J connectivity index is 2.28. The van der Waals surface area contributed by atoms with Gasteiger partial charge in [-0.2, -0.15) is 0 Å². The summed E-state index contributed by atoms with van der Waals surface area (Å²) in [6.07, 6.45) is 3.75. The van der Waals surface area contributed by atoms with Gasteiger partial charge in [0.25, 0.3) is 0 Å². The second-order valence-corrected chi connectivity index (χ2v) is 4.84. The Labute approximate surface area is 109 Å². The highest BCUT2D eigenvalue weighted by atomic mass is 16.5. The van der Waals surface area contributed by atoms with Gasteiger partial charge in [0.1, 0.15) is 0 Å². The molecule has 2 rings (SSSR count). The number of carbonyl (C=O) groups is 1. The molecule has 0 amide bonds. The Bertz CT molecular complexity index is 434. The minimum absolute atomic E-state index is 0.0828. The predicted molar refractivity (Wildman–Crippen MR) is 72.3 cm³/mol. The van der Waals surface area contributed by atoms with Crippen LogP contribution in [0.5, 0.6) is 0 Å². The molecule has 96 valence electrons. The van der Waals surface area contributed by atoms with E-state index in [0.29, 0.717) is 18.3 Å². The summed E-state index contributed by atoms with van der Waals surface area (Å²) in [6.45, 7) is 4.89. The second kappa shape index (κ2) is 5.85. The summed E-state index contributed by atoms with van der Waals surface area (Å²) in [5.41, 5.74) is 1.09. The van der Waals surface area contributed by atoms with Crippen LogP contribution in [0.3, 0.4) is 0 Å². The van der Waals surface area contributed by atoms with Gasteiger partial charge in [-0.3, -0.25) is 4.79 Å². The summed E-state index contributed by atoms with van der Waals surface area (Å²) in [4.78, 5) is 12.6. The molecule has 0 radical (unpaired) electrons. The van der Waals surface area contributed by atoms with Crippen molar-refractivity contribution in [1.82, 2.24) is 0 Å². The lowest BCUT2D eigenvalue weighted by Gasteiger charge is -2.22. The first-order valence-corrected chi connectivity index (χ1v) is 6.66. The van der Waals surface area contributed by atoms with Crippen LogP contribution in [0.4, 0.5) is 0 Å². The molecule has 2 atom stereocenters. The zero-order chi connectivity index (χ0) is 13.0. The SMILES string of the molecule is CCC(C)C(C(=O)C1=CCCO1)c1ccccc1. The number of carbonyl (C=O) groups excluding carboxylic acids is 1. The minimum Gasteiger partial charge on any atom is -0.490 e. The zero-order valence-electron chi connectivity index (χ0n) is 11.1. The molecule has 0 aliphatic carbocycles. The fraction of sp³-hybridized carbons (Fsp3) is 0.438. The van der Waals surface area contributed by atoms with E-state index in [0.717, 1.165) is 18.4 Å². The van der Waals surface area contributed by atoms with E-state index in [1.807, 2.05) is 36.4 Å². The second-order valence-electron chi connectivity index (χ2n) is 4.84. The monoisotopic (exact) mass is 244 g/mol. The van der Waals surface area contributed by atoms with Gasteiger partial charge < -0.3 is 4.74 Å². The maximum Gasteiger partial charge on any atom is 0.204 e. The molecule has 0 saturated carbocycles. The van der Waals surface area contributed by atoms with Gasteiger partial charge in [-0.05, 0) is 17.6 Å². The topological polar surface area (TPSA) is 26.3 Å². The van der Waals surface area contributed by atoms with Crippen LogP contribution in [0.25, 0.3) is 0 Å². The molecule has 2 heteroatoms. The van der Waals surface area contributed by atoms with Crippen LogP contribution in [0.1, 0.15) is 38.2 Å². The van der Waals surface area contributed by atoms with Crippen molar-refractivity contribution < 1.29 is 9.53 Å².